The quantitative estimate of drug-likeness (QED) is 0.858. The highest BCUT2D eigenvalue weighted by molar-refractivity contribution is 6.03. The van der Waals surface area contributed by atoms with Crippen LogP contribution in [0.4, 0.5) is 6.01 Å². The van der Waals surface area contributed by atoms with Crippen molar-refractivity contribution in [2.24, 2.45) is 5.73 Å². The Labute approximate surface area is 98.4 Å². The normalized spacial score (nSPS) is 9.81. The van der Waals surface area contributed by atoms with E-state index in [0.717, 1.165) is 0 Å². The topological polar surface area (TPSA) is 81.1 Å². The molecule has 0 saturated heterocycles. The monoisotopic (exact) mass is 241 g/mol. The highest BCUT2D eigenvalue weighted by atomic mass is 35.5. The Kier molecular flexibility index (Phi) is 3.73. The summed E-state index contributed by atoms with van der Waals surface area (Å²) < 4.78 is 5.37. The van der Waals surface area contributed by atoms with Gasteiger partial charge in [0.15, 0.2) is 5.58 Å². The Hall–Kier alpha value is -1.75. The van der Waals surface area contributed by atoms with Gasteiger partial charge in [0.25, 0.3) is 11.9 Å². The summed E-state index contributed by atoms with van der Waals surface area (Å²) >= 11 is 0. The Morgan fingerprint density at radius 1 is 1.56 bits per heavy atom. The van der Waals surface area contributed by atoms with Crippen LogP contribution in [0.2, 0.25) is 0 Å². The van der Waals surface area contributed by atoms with Gasteiger partial charge in [0.1, 0.15) is 5.52 Å². The van der Waals surface area contributed by atoms with Crippen LogP contribution in [-0.2, 0) is 0 Å². The van der Waals surface area contributed by atoms with E-state index in [2.05, 4.69) is 10.3 Å². The minimum Gasteiger partial charge on any atom is -0.424 e. The molecule has 1 aromatic heterocycles. The summed E-state index contributed by atoms with van der Waals surface area (Å²) in [6.45, 7) is 2.64. The number of para-hydroxylation sites is 1. The van der Waals surface area contributed by atoms with Crippen LogP contribution in [0.1, 0.15) is 17.3 Å². The van der Waals surface area contributed by atoms with Gasteiger partial charge >= 0.3 is 0 Å². The molecule has 0 aliphatic rings. The van der Waals surface area contributed by atoms with Crippen LogP contribution in [-0.4, -0.2) is 17.4 Å². The average Bonchev–Trinajstić information content (AvgIpc) is 2.59. The zero-order valence-electron chi connectivity index (χ0n) is 8.69. The number of benzene rings is 1. The Morgan fingerprint density at radius 2 is 2.31 bits per heavy atom. The number of amides is 1. The zero-order valence-corrected chi connectivity index (χ0v) is 9.50. The number of carbonyl (C=O) groups excluding carboxylic acids is 1. The van der Waals surface area contributed by atoms with Crippen molar-refractivity contribution in [1.82, 2.24) is 4.98 Å². The SMILES string of the molecule is CCNc1nc2c(C(N)=O)cccc2o1.Cl. The van der Waals surface area contributed by atoms with Gasteiger partial charge in [-0.2, -0.15) is 4.98 Å². The Bertz CT molecular complexity index is 510. The fourth-order valence-electron chi connectivity index (χ4n) is 1.37. The lowest BCUT2D eigenvalue weighted by Crippen LogP contribution is -2.11. The largest absolute Gasteiger partial charge is 0.424 e. The van der Waals surface area contributed by atoms with Crippen LogP contribution in [0.25, 0.3) is 11.1 Å². The maximum Gasteiger partial charge on any atom is 0.295 e. The number of anilines is 1. The molecule has 2 aromatic rings. The fourth-order valence-corrected chi connectivity index (χ4v) is 1.37. The third-order valence-electron chi connectivity index (χ3n) is 2.01. The summed E-state index contributed by atoms with van der Waals surface area (Å²) in [4.78, 5) is 15.2. The molecule has 0 spiro atoms. The minimum absolute atomic E-state index is 0. The van der Waals surface area contributed by atoms with Crippen LogP contribution in [0.3, 0.4) is 0 Å². The second-order valence-corrected chi connectivity index (χ2v) is 3.07. The van der Waals surface area contributed by atoms with Crippen molar-refractivity contribution < 1.29 is 9.21 Å². The van der Waals surface area contributed by atoms with Gasteiger partial charge in [-0.25, -0.2) is 0 Å². The molecule has 0 aliphatic heterocycles. The van der Waals surface area contributed by atoms with Crippen molar-refractivity contribution in [3.05, 3.63) is 23.8 Å². The summed E-state index contributed by atoms with van der Waals surface area (Å²) in [6.07, 6.45) is 0. The van der Waals surface area contributed by atoms with E-state index >= 15 is 0 Å². The van der Waals surface area contributed by atoms with Crippen LogP contribution < -0.4 is 11.1 Å². The molecule has 86 valence electrons. The highest BCUT2D eigenvalue weighted by Crippen LogP contribution is 2.21. The Balaban J connectivity index is 0.00000128. The summed E-state index contributed by atoms with van der Waals surface area (Å²) in [6, 6.07) is 5.49. The standard InChI is InChI=1S/C10H11N3O2.ClH/c1-2-12-10-13-8-6(9(11)14)4-3-5-7(8)15-10;/h3-5H,2H2,1H3,(H2,11,14)(H,12,13);1H. The van der Waals surface area contributed by atoms with Crippen LogP contribution in [0.15, 0.2) is 22.6 Å². The van der Waals surface area contributed by atoms with Gasteiger partial charge in [-0.05, 0) is 19.1 Å². The third kappa shape index (κ3) is 2.09. The molecule has 0 atom stereocenters. The van der Waals surface area contributed by atoms with E-state index in [4.69, 9.17) is 10.2 Å². The van der Waals surface area contributed by atoms with E-state index in [1.807, 2.05) is 6.92 Å². The van der Waals surface area contributed by atoms with E-state index in [-0.39, 0.29) is 12.4 Å². The number of aromatic nitrogens is 1. The smallest absolute Gasteiger partial charge is 0.295 e. The van der Waals surface area contributed by atoms with Crippen LogP contribution >= 0.6 is 12.4 Å². The van der Waals surface area contributed by atoms with Crippen LogP contribution in [0.5, 0.6) is 0 Å². The molecular weight excluding hydrogens is 230 g/mol. The van der Waals surface area contributed by atoms with Crippen LogP contribution in [0, 0.1) is 0 Å². The molecule has 16 heavy (non-hydrogen) atoms. The minimum atomic E-state index is -0.503. The summed E-state index contributed by atoms with van der Waals surface area (Å²) in [5.41, 5.74) is 6.66. The molecule has 2 rings (SSSR count). The number of nitrogens with one attached hydrogen (secondary N) is 1. The first-order valence-electron chi connectivity index (χ1n) is 4.65. The van der Waals surface area contributed by atoms with E-state index < -0.39 is 5.91 Å². The maximum absolute atomic E-state index is 11.1. The average molecular weight is 242 g/mol. The van der Waals surface area contributed by atoms with E-state index in [0.29, 0.717) is 29.2 Å². The number of halogens is 1. The molecule has 1 aromatic carbocycles. The molecule has 0 unspecified atom stereocenters. The number of oxazole rings is 1. The lowest BCUT2D eigenvalue weighted by atomic mass is 10.2. The molecule has 6 heteroatoms. The molecule has 1 heterocycles. The molecule has 3 N–H and O–H groups in total. The molecule has 0 bridgehead atoms. The molecule has 0 aliphatic carbocycles. The highest BCUT2D eigenvalue weighted by Gasteiger charge is 2.12. The fraction of sp³-hybridized carbons (Fsp3) is 0.200. The molecular formula is C10H12ClN3O2. The van der Waals surface area contributed by atoms with Gasteiger partial charge in [0.05, 0.1) is 5.56 Å². The first-order valence-corrected chi connectivity index (χ1v) is 4.65. The number of nitrogens with two attached hydrogens (primary N) is 1. The number of carbonyl (C=O) groups is 1. The maximum atomic E-state index is 11.1. The number of rotatable bonds is 3. The summed E-state index contributed by atoms with van der Waals surface area (Å²) in [5, 5.41) is 2.93. The van der Waals surface area contributed by atoms with Gasteiger partial charge < -0.3 is 15.5 Å². The van der Waals surface area contributed by atoms with Gasteiger partial charge in [0.2, 0.25) is 0 Å². The lowest BCUT2D eigenvalue weighted by Gasteiger charge is -1.93. The van der Waals surface area contributed by atoms with Gasteiger partial charge in [-0.3, -0.25) is 4.79 Å². The zero-order chi connectivity index (χ0) is 10.8. The molecule has 5 nitrogen and oxygen atoms in total. The van der Waals surface area contributed by atoms with Gasteiger partial charge in [0, 0.05) is 6.54 Å². The van der Waals surface area contributed by atoms with Crippen molar-refractivity contribution in [2.75, 3.05) is 11.9 Å². The first kappa shape index (κ1) is 12.3. The number of fused-ring (bicyclic) bond motifs is 1. The molecule has 1 amide bonds. The number of nitrogens with zero attached hydrogens (tertiary/aromatic N) is 1. The van der Waals surface area contributed by atoms with Crippen molar-refractivity contribution >= 4 is 35.4 Å². The molecule has 0 fully saturated rings. The molecule has 0 radical (unpaired) electrons. The predicted molar refractivity (Wildman–Crippen MR) is 63.9 cm³/mol. The second-order valence-electron chi connectivity index (χ2n) is 3.07. The predicted octanol–water partition coefficient (Wildman–Crippen LogP) is 1.78. The summed E-state index contributed by atoms with van der Waals surface area (Å²) in [5.74, 6) is -0.503. The third-order valence-corrected chi connectivity index (χ3v) is 2.01. The van der Waals surface area contributed by atoms with Crippen molar-refractivity contribution in [3.63, 3.8) is 0 Å². The van der Waals surface area contributed by atoms with Crippen molar-refractivity contribution in [2.45, 2.75) is 6.92 Å². The molecule has 0 saturated carbocycles. The van der Waals surface area contributed by atoms with Gasteiger partial charge in [-0.15, -0.1) is 12.4 Å². The van der Waals surface area contributed by atoms with E-state index in [9.17, 15) is 4.79 Å². The Morgan fingerprint density at radius 3 is 2.94 bits per heavy atom. The van der Waals surface area contributed by atoms with E-state index in [1.165, 1.54) is 0 Å². The first-order chi connectivity index (χ1) is 7.22. The second kappa shape index (κ2) is 4.85. The summed E-state index contributed by atoms with van der Waals surface area (Å²) in [7, 11) is 0. The van der Waals surface area contributed by atoms with Gasteiger partial charge in [-0.1, -0.05) is 6.07 Å². The number of hydrogen-bond donors (Lipinski definition) is 2. The van der Waals surface area contributed by atoms with Crippen molar-refractivity contribution in [1.29, 1.82) is 0 Å². The van der Waals surface area contributed by atoms with Crippen molar-refractivity contribution in [3.8, 4) is 0 Å². The number of primary amides is 1. The van der Waals surface area contributed by atoms with E-state index in [1.54, 1.807) is 18.2 Å². The lowest BCUT2D eigenvalue weighted by molar-refractivity contribution is 0.100. The number of hydrogen-bond acceptors (Lipinski definition) is 4.